The van der Waals surface area contributed by atoms with E-state index in [1.54, 1.807) is 0 Å². The standard InChI is InChI=1S/C16H22BrN3/c1-3-8-20-9-7-19-16(20)12-15(18-2)11-13-5-4-6-14(17)10-13/h4-7,9-10,15,18H,3,8,11-12H2,1-2H3. The summed E-state index contributed by atoms with van der Waals surface area (Å²) in [5, 5.41) is 3.41. The summed E-state index contributed by atoms with van der Waals surface area (Å²) in [7, 11) is 2.02. The quantitative estimate of drug-likeness (QED) is 0.840. The molecule has 0 saturated carbocycles. The van der Waals surface area contributed by atoms with Crippen LogP contribution in [0.15, 0.2) is 41.1 Å². The van der Waals surface area contributed by atoms with Crippen molar-refractivity contribution in [3.8, 4) is 0 Å². The van der Waals surface area contributed by atoms with Crippen molar-refractivity contribution in [1.82, 2.24) is 14.9 Å². The van der Waals surface area contributed by atoms with Gasteiger partial charge >= 0.3 is 0 Å². The molecule has 0 bridgehead atoms. The van der Waals surface area contributed by atoms with Gasteiger partial charge in [-0.1, -0.05) is 35.0 Å². The highest BCUT2D eigenvalue weighted by molar-refractivity contribution is 9.10. The van der Waals surface area contributed by atoms with E-state index >= 15 is 0 Å². The molecule has 0 aliphatic rings. The van der Waals surface area contributed by atoms with Gasteiger partial charge in [-0.05, 0) is 37.6 Å². The van der Waals surface area contributed by atoms with E-state index in [1.165, 1.54) is 11.4 Å². The number of benzene rings is 1. The Balaban J connectivity index is 2.03. The number of nitrogens with zero attached hydrogens (tertiary/aromatic N) is 2. The van der Waals surface area contributed by atoms with Gasteiger partial charge in [-0.15, -0.1) is 0 Å². The van der Waals surface area contributed by atoms with Crippen LogP contribution in [0.4, 0.5) is 0 Å². The van der Waals surface area contributed by atoms with Gasteiger partial charge < -0.3 is 9.88 Å². The summed E-state index contributed by atoms with van der Waals surface area (Å²) in [4.78, 5) is 4.50. The Hall–Kier alpha value is -1.13. The predicted molar refractivity (Wildman–Crippen MR) is 86.9 cm³/mol. The molecule has 0 amide bonds. The molecule has 0 aliphatic carbocycles. The smallest absolute Gasteiger partial charge is 0.110 e. The molecule has 2 rings (SSSR count). The fourth-order valence-corrected chi connectivity index (χ4v) is 2.87. The number of aryl methyl sites for hydroxylation is 1. The maximum Gasteiger partial charge on any atom is 0.110 e. The van der Waals surface area contributed by atoms with Gasteiger partial charge in [-0.25, -0.2) is 4.98 Å². The van der Waals surface area contributed by atoms with E-state index < -0.39 is 0 Å². The maximum absolute atomic E-state index is 4.50. The Kier molecular flexibility index (Phi) is 5.80. The lowest BCUT2D eigenvalue weighted by molar-refractivity contribution is 0.520. The van der Waals surface area contributed by atoms with Crippen LogP contribution in [-0.4, -0.2) is 22.6 Å². The molecule has 3 nitrogen and oxygen atoms in total. The molecule has 0 fully saturated rings. The lowest BCUT2D eigenvalue weighted by atomic mass is 10.0. The van der Waals surface area contributed by atoms with Crippen LogP contribution in [0.2, 0.25) is 0 Å². The van der Waals surface area contributed by atoms with E-state index in [0.717, 1.165) is 30.3 Å². The second-order valence-electron chi connectivity index (χ2n) is 5.06. The van der Waals surface area contributed by atoms with Gasteiger partial charge in [0.2, 0.25) is 0 Å². The second kappa shape index (κ2) is 7.60. The predicted octanol–water partition coefficient (Wildman–Crippen LogP) is 3.43. The fourth-order valence-electron chi connectivity index (χ4n) is 2.42. The van der Waals surface area contributed by atoms with Crippen LogP contribution >= 0.6 is 15.9 Å². The Labute approximate surface area is 129 Å². The number of rotatable bonds is 7. The van der Waals surface area contributed by atoms with E-state index in [1.807, 2.05) is 13.2 Å². The first-order valence-electron chi connectivity index (χ1n) is 7.14. The zero-order valence-electron chi connectivity index (χ0n) is 12.1. The van der Waals surface area contributed by atoms with Gasteiger partial charge in [-0.3, -0.25) is 0 Å². The van der Waals surface area contributed by atoms with Crippen molar-refractivity contribution in [3.05, 3.63) is 52.5 Å². The van der Waals surface area contributed by atoms with Crippen molar-refractivity contribution < 1.29 is 0 Å². The van der Waals surface area contributed by atoms with E-state index in [4.69, 9.17) is 0 Å². The third-order valence-electron chi connectivity index (χ3n) is 3.47. The third-order valence-corrected chi connectivity index (χ3v) is 3.97. The fraction of sp³-hybridized carbons (Fsp3) is 0.438. The first kappa shape index (κ1) is 15.3. The van der Waals surface area contributed by atoms with Crippen LogP contribution in [-0.2, 0) is 19.4 Å². The van der Waals surface area contributed by atoms with Gasteiger partial charge in [0.1, 0.15) is 5.82 Å². The number of imidazole rings is 1. The molecule has 0 saturated heterocycles. The Morgan fingerprint density at radius 1 is 1.35 bits per heavy atom. The van der Waals surface area contributed by atoms with Crippen LogP contribution < -0.4 is 5.32 Å². The molecular formula is C16H22BrN3. The number of halogens is 1. The largest absolute Gasteiger partial charge is 0.335 e. The third kappa shape index (κ3) is 4.18. The van der Waals surface area contributed by atoms with Gasteiger partial charge in [0.15, 0.2) is 0 Å². The molecule has 0 radical (unpaired) electrons. The van der Waals surface area contributed by atoms with E-state index in [2.05, 4.69) is 68.2 Å². The number of hydrogen-bond acceptors (Lipinski definition) is 2. The van der Waals surface area contributed by atoms with Gasteiger partial charge in [0.25, 0.3) is 0 Å². The highest BCUT2D eigenvalue weighted by atomic mass is 79.9. The molecule has 0 aliphatic heterocycles. The van der Waals surface area contributed by atoms with Crippen molar-refractivity contribution in [3.63, 3.8) is 0 Å². The highest BCUT2D eigenvalue weighted by Gasteiger charge is 2.12. The minimum atomic E-state index is 0.405. The summed E-state index contributed by atoms with van der Waals surface area (Å²) >= 11 is 3.53. The normalized spacial score (nSPS) is 12.6. The van der Waals surface area contributed by atoms with E-state index in [0.29, 0.717) is 6.04 Å². The summed E-state index contributed by atoms with van der Waals surface area (Å²) < 4.78 is 3.39. The van der Waals surface area contributed by atoms with Crippen molar-refractivity contribution in [2.45, 2.75) is 38.8 Å². The van der Waals surface area contributed by atoms with Crippen LogP contribution in [0.25, 0.3) is 0 Å². The van der Waals surface area contributed by atoms with Crippen molar-refractivity contribution >= 4 is 15.9 Å². The SMILES string of the molecule is CCCn1ccnc1CC(Cc1cccc(Br)c1)NC. The van der Waals surface area contributed by atoms with Gasteiger partial charge in [-0.2, -0.15) is 0 Å². The topological polar surface area (TPSA) is 29.9 Å². The average Bonchev–Trinajstić information content (AvgIpc) is 2.86. The zero-order chi connectivity index (χ0) is 14.4. The summed E-state index contributed by atoms with van der Waals surface area (Å²) in [6.07, 6.45) is 7.08. The average molecular weight is 336 g/mol. The summed E-state index contributed by atoms with van der Waals surface area (Å²) in [5.74, 6) is 1.17. The number of nitrogens with one attached hydrogen (secondary N) is 1. The Bertz CT molecular complexity index is 536. The molecule has 20 heavy (non-hydrogen) atoms. The van der Waals surface area contributed by atoms with Crippen molar-refractivity contribution in [2.75, 3.05) is 7.05 Å². The molecule has 108 valence electrons. The molecule has 4 heteroatoms. The van der Waals surface area contributed by atoms with Crippen molar-refractivity contribution in [2.24, 2.45) is 0 Å². The minimum Gasteiger partial charge on any atom is -0.335 e. The molecule has 0 spiro atoms. The van der Waals surface area contributed by atoms with Gasteiger partial charge in [0.05, 0.1) is 0 Å². The van der Waals surface area contributed by atoms with E-state index in [-0.39, 0.29) is 0 Å². The van der Waals surface area contributed by atoms with Crippen LogP contribution in [0.1, 0.15) is 24.7 Å². The first-order chi connectivity index (χ1) is 9.72. The Morgan fingerprint density at radius 3 is 2.90 bits per heavy atom. The molecular weight excluding hydrogens is 314 g/mol. The Morgan fingerprint density at radius 2 is 2.20 bits per heavy atom. The molecule has 1 N–H and O–H groups in total. The second-order valence-corrected chi connectivity index (χ2v) is 5.98. The lowest BCUT2D eigenvalue weighted by Gasteiger charge is -2.17. The molecule has 1 aromatic heterocycles. The molecule has 1 aromatic carbocycles. The monoisotopic (exact) mass is 335 g/mol. The highest BCUT2D eigenvalue weighted by Crippen LogP contribution is 2.14. The summed E-state index contributed by atoms with van der Waals surface area (Å²) in [5.41, 5.74) is 1.34. The van der Waals surface area contributed by atoms with E-state index in [9.17, 15) is 0 Å². The minimum absolute atomic E-state index is 0.405. The summed E-state index contributed by atoms with van der Waals surface area (Å²) in [6, 6.07) is 8.91. The van der Waals surface area contributed by atoms with Crippen LogP contribution in [0.3, 0.4) is 0 Å². The maximum atomic E-state index is 4.50. The first-order valence-corrected chi connectivity index (χ1v) is 7.94. The molecule has 2 aromatic rings. The summed E-state index contributed by atoms with van der Waals surface area (Å²) in [6.45, 7) is 3.24. The number of likely N-dealkylation sites (N-methyl/N-ethyl adjacent to an activating group) is 1. The van der Waals surface area contributed by atoms with Crippen molar-refractivity contribution in [1.29, 1.82) is 0 Å². The van der Waals surface area contributed by atoms with Gasteiger partial charge in [0, 0.05) is 35.9 Å². The molecule has 1 unspecified atom stereocenters. The number of aromatic nitrogens is 2. The zero-order valence-corrected chi connectivity index (χ0v) is 13.7. The number of hydrogen-bond donors (Lipinski definition) is 1. The molecule has 1 heterocycles. The van der Waals surface area contributed by atoms with Crippen LogP contribution in [0, 0.1) is 0 Å². The molecule has 1 atom stereocenters. The lowest BCUT2D eigenvalue weighted by Crippen LogP contribution is -2.31. The van der Waals surface area contributed by atoms with Crippen LogP contribution in [0.5, 0.6) is 0 Å².